The number of benzene rings is 2. The molecule has 0 saturated carbocycles. The van der Waals surface area contributed by atoms with Gasteiger partial charge in [0, 0.05) is 23.0 Å². The molecule has 128 valence electrons. The Morgan fingerprint density at radius 1 is 0.885 bits per heavy atom. The summed E-state index contributed by atoms with van der Waals surface area (Å²) in [4.78, 5) is 4.16. The van der Waals surface area contributed by atoms with Crippen LogP contribution in [0.4, 0.5) is 0 Å². The molecule has 2 aromatic heterocycles. The van der Waals surface area contributed by atoms with Crippen molar-refractivity contribution >= 4 is 23.2 Å². The average molecular weight is 383 g/mol. The fourth-order valence-corrected chi connectivity index (χ4v) is 2.97. The summed E-state index contributed by atoms with van der Waals surface area (Å²) in [6.07, 6.45) is 5.16. The van der Waals surface area contributed by atoms with E-state index in [9.17, 15) is 0 Å². The Labute approximate surface area is 159 Å². The number of hydrogen-bond acceptors (Lipinski definition) is 4. The number of pyridine rings is 1. The summed E-state index contributed by atoms with van der Waals surface area (Å²) < 4.78 is 7.72. The quantitative estimate of drug-likeness (QED) is 0.472. The third kappa shape index (κ3) is 3.27. The number of nitrogens with zero attached hydrogens (tertiary/aromatic N) is 4. The first-order chi connectivity index (χ1) is 12.7. The Kier molecular flexibility index (Phi) is 4.56. The van der Waals surface area contributed by atoms with Gasteiger partial charge in [0.25, 0.3) is 0 Å². The van der Waals surface area contributed by atoms with Crippen LogP contribution >= 0.6 is 23.2 Å². The van der Waals surface area contributed by atoms with E-state index in [0.717, 1.165) is 16.9 Å². The van der Waals surface area contributed by atoms with Gasteiger partial charge in [-0.2, -0.15) is 0 Å². The van der Waals surface area contributed by atoms with Crippen molar-refractivity contribution in [2.75, 3.05) is 0 Å². The maximum atomic E-state index is 6.23. The lowest BCUT2D eigenvalue weighted by Crippen LogP contribution is -2.02. The highest BCUT2D eigenvalue weighted by Gasteiger charge is 2.14. The Morgan fingerprint density at radius 2 is 1.77 bits per heavy atom. The van der Waals surface area contributed by atoms with E-state index in [1.807, 2.05) is 36.4 Å². The fourth-order valence-electron chi connectivity index (χ4n) is 2.52. The molecule has 0 atom stereocenters. The van der Waals surface area contributed by atoms with E-state index < -0.39 is 0 Å². The maximum Gasteiger partial charge on any atom is 0.153 e. The van der Waals surface area contributed by atoms with Crippen LogP contribution in [0.1, 0.15) is 0 Å². The first-order valence-electron chi connectivity index (χ1n) is 7.76. The molecule has 0 spiro atoms. The molecule has 4 rings (SSSR count). The van der Waals surface area contributed by atoms with E-state index in [1.165, 1.54) is 0 Å². The molecule has 0 aliphatic rings. The highest BCUT2D eigenvalue weighted by molar-refractivity contribution is 6.35. The van der Waals surface area contributed by atoms with Crippen molar-refractivity contribution in [1.29, 1.82) is 0 Å². The lowest BCUT2D eigenvalue weighted by atomic mass is 10.2. The molecular weight excluding hydrogens is 371 g/mol. The zero-order chi connectivity index (χ0) is 17.9. The number of halogens is 2. The van der Waals surface area contributed by atoms with Crippen LogP contribution in [0.2, 0.25) is 10.0 Å². The van der Waals surface area contributed by atoms with Crippen molar-refractivity contribution in [2.45, 2.75) is 0 Å². The van der Waals surface area contributed by atoms with E-state index in [2.05, 4.69) is 15.3 Å². The van der Waals surface area contributed by atoms with Gasteiger partial charge in [0.2, 0.25) is 0 Å². The highest BCUT2D eigenvalue weighted by Crippen LogP contribution is 2.35. The Hall–Kier alpha value is -2.89. The molecule has 0 amide bonds. The zero-order valence-corrected chi connectivity index (χ0v) is 14.9. The molecule has 0 unspecified atom stereocenters. The minimum absolute atomic E-state index is 0.429. The Balaban J connectivity index is 1.77. The molecule has 2 aromatic carbocycles. The smallest absolute Gasteiger partial charge is 0.153 e. The zero-order valence-electron chi connectivity index (χ0n) is 13.4. The second kappa shape index (κ2) is 7.15. The van der Waals surface area contributed by atoms with Gasteiger partial charge in [0.05, 0.1) is 16.9 Å². The third-order valence-electron chi connectivity index (χ3n) is 3.71. The monoisotopic (exact) mass is 382 g/mol. The summed E-state index contributed by atoms with van der Waals surface area (Å²) in [6, 6.07) is 16.4. The molecular formula is C19H12Cl2N4O. The van der Waals surface area contributed by atoms with Gasteiger partial charge in [-0.1, -0.05) is 40.5 Å². The van der Waals surface area contributed by atoms with Crippen molar-refractivity contribution in [2.24, 2.45) is 0 Å². The largest absolute Gasteiger partial charge is 0.454 e. The van der Waals surface area contributed by atoms with Crippen LogP contribution in [0.5, 0.6) is 11.5 Å². The van der Waals surface area contributed by atoms with Gasteiger partial charge in [-0.05, 0) is 42.5 Å². The van der Waals surface area contributed by atoms with Crippen molar-refractivity contribution in [3.63, 3.8) is 0 Å². The first-order valence-corrected chi connectivity index (χ1v) is 8.51. The second-order valence-electron chi connectivity index (χ2n) is 5.42. The van der Waals surface area contributed by atoms with Crippen molar-refractivity contribution in [1.82, 2.24) is 20.0 Å². The van der Waals surface area contributed by atoms with Crippen LogP contribution in [0, 0.1) is 0 Å². The Bertz CT molecular complexity index is 1050. The van der Waals surface area contributed by atoms with Gasteiger partial charge in [-0.25, -0.2) is 4.68 Å². The van der Waals surface area contributed by atoms with Gasteiger partial charge in [0.1, 0.15) is 11.4 Å². The standard InChI is InChI=1S/C19H12Cl2N4O/c20-14-7-8-18(15(21)10-14)26-19-6-2-1-5-16(19)25-17(12-23-24-25)13-4-3-9-22-11-13/h1-12H. The van der Waals surface area contributed by atoms with Crippen LogP contribution in [0.15, 0.2) is 73.2 Å². The molecule has 0 fully saturated rings. The fraction of sp³-hybridized carbons (Fsp3) is 0. The number of ether oxygens (including phenoxy) is 1. The molecule has 0 saturated heterocycles. The molecule has 4 aromatic rings. The number of hydrogen-bond donors (Lipinski definition) is 0. The normalized spacial score (nSPS) is 10.7. The van der Waals surface area contributed by atoms with E-state index >= 15 is 0 Å². The first kappa shape index (κ1) is 16.6. The van der Waals surface area contributed by atoms with Gasteiger partial charge in [0.15, 0.2) is 5.75 Å². The van der Waals surface area contributed by atoms with Gasteiger partial charge >= 0.3 is 0 Å². The predicted molar refractivity (Wildman–Crippen MR) is 101 cm³/mol. The van der Waals surface area contributed by atoms with E-state index in [4.69, 9.17) is 27.9 Å². The summed E-state index contributed by atoms with van der Waals surface area (Å²) in [7, 11) is 0. The summed E-state index contributed by atoms with van der Waals surface area (Å²) in [5.74, 6) is 1.10. The van der Waals surface area contributed by atoms with Crippen LogP contribution in [-0.2, 0) is 0 Å². The third-order valence-corrected chi connectivity index (χ3v) is 4.24. The summed E-state index contributed by atoms with van der Waals surface area (Å²) in [5.41, 5.74) is 2.43. The predicted octanol–water partition coefficient (Wildman–Crippen LogP) is 5.43. The van der Waals surface area contributed by atoms with Crippen molar-refractivity contribution in [3.8, 4) is 28.4 Å². The second-order valence-corrected chi connectivity index (χ2v) is 6.26. The van der Waals surface area contributed by atoms with Gasteiger partial charge in [-0.3, -0.25) is 4.98 Å². The van der Waals surface area contributed by atoms with Crippen LogP contribution in [0.25, 0.3) is 16.9 Å². The minimum atomic E-state index is 0.429. The molecule has 5 nitrogen and oxygen atoms in total. The number of para-hydroxylation sites is 2. The van der Waals surface area contributed by atoms with Crippen LogP contribution in [-0.4, -0.2) is 20.0 Å². The maximum absolute atomic E-state index is 6.23. The Morgan fingerprint density at radius 3 is 2.58 bits per heavy atom. The molecule has 0 aliphatic heterocycles. The molecule has 0 bridgehead atoms. The number of aromatic nitrogens is 4. The summed E-state index contributed by atoms with van der Waals surface area (Å²) in [5, 5.41) is 9.22. The molecule has 7 heteroatoms. The molecule has 0 radical (unpaired) electrons. The SMILES string of the molecule is Clc1ccc(Oc2ccccc2-n2nncc2-c2cccnc2)c(Cl)c1. The van der Waals surface area contributed by atoms with Gasteiger partial charge in [-0.15, -0.1) is 5.10 Å². The molecule has 0 aliphatic carbocycles. The highest BCUT2D eigenvalue weighted by atomic mass is 35.5. The average Bonchev–Trinajstić information content (AvgIpc) is 3.15. The lowest BCUT2D eigenvalue weighted by Gasteiger charge is -2.13. The van der Waals surface area contributed by atoms with E-state index in [1.54, 1.807) is 41.5 Å². The van der Waals surface area contributed by atoms with Gasteiger partial charge < -0.3 is 4.74 Å². The van der Waals surface area contributed by atoms with Crippen LogP contribution in [0.3, 0.4) is 0 Å². The van der Waals surface area contributed by atoms with E-state index in [0.29, 0.717) is 21.5 Å². The van der Waals surface area contributed by atoms with E-state index in [-0.39, 0.29) is 0 Å². The molecule has 0 N–H and O–H groups in total. The lowest BCUT2D eigenvalue weighted by molar-refractivity contribution is 0.478. The van der Waals surface area contributed by atoms with Crippen molar-refractivity contribution in [3.05, 3.63) is 83.2 Å². The number of rotatable bonds is 4. The summed E-state index contributed by atoms with van der Waals surface area (Å²) >= 11 is 12.2. The topological polar surface area (TPSA) is 52.8 Å². The summed E-state index contributed by atoms with van der Waals surface area (Å²) in [6.45, 7) is 0. The molecule has 2 heterocycles. The minimum Gasteiger partial charge on any atom is -0.454 e. The van der Waals surface area contributed by atoms with Crippen LogP contribution < -0.4 is 4.74 Å². The molecule has 26 heavy (non-hydrogen) atoms. The van der Waals surface area contributed by atoms with Crippen molar-refractivity contribution < 1.29 is 4.74 Å².